The number of carbonyl (C=O) groups excluding carboxylic acids is 1. The lowest BCUT2D eigenvalue weighted by molar-refractivity contribution is 0.132. The molecule has 0 unspecified atom stereocenters. The van der Waals surface area contributed by atoms with Crippen molar-refractivity contribution in [1.29, 1.82) is 0 Å². The number of aromatic nitrogens is 1. The molecule has 5 nitrogen and oxygen atoms in total. The Morgan fingerprint density at radius 2 is 1.81 bits per heavy atom. The second-order valence-electron chi connectivity index (χ2n) is 6.15. The maximum atomic E-state index is 12.8. The highest BCUT2D eigenvalue weighted by Gasteiger charge is 2.48. The van der Waals surface area contributed by atoms with E-state index >= 15 is 0 Å². The number of cyclic esters (lactones) is 1. The Hall–Kier alpha value is -3.05. The molecule has 2 atom stereocenters. The number of halogens is 1. The Balaban J connectivity index is 1.76. The highest BCUT2D eigenvalue weighted by Crippen LogP contribution is 2.53. The van der Waals surface area contributed by atoms with E-state index < -0.39 is 12.2 Å². The van der Waals surface area contributed by atoms with Crippen molar-refractivity contribution in [3.63, 3.8) is 0 Å². The summed E-state index contributed by atoms with van der Waals surface area (Å²) in [7, 11) is 0. The number of para-hydroxylation sites is 1. The number of amides is 1. The van der Waals surface area contributed by atoms with Crippen molar-refractivity contribution in [2.75, 3.05) is 4.90 Å². The summed E-state index contributed by atoms with van der Waals surface area (Å²) in [5.41, 5.74) is 2.36. The highest BCUT2D eigenvalue weighted by molar-refractivity contribution is 6.31. The predicted octanol–water partition coefficient (Wildman–Crippen LogP) is 5.28. The van der Waals surface area contributed by atoms with Gasteiger partial charge in [-0.2, -0.15) is 0 Å². The second kappa shape index (κ2) is 5.75. The zero-order chi connectivity index (χ0) is 17.7. The number of hydrogen-bond donors (Lipinski definition) is 0. The SMILES string of the molecule is O=C1O[C@@H](c2ccncc2)[C@@H]2c3ccccc3Oc3ccc(Cl)cc3N12. The molecule has 26 heavy (non-hydrogen) atoms. The first-order valence-electron chi connectivity index (χ1n) is 8.18. The monoisotopic (exact) mass is 364 g/mol. The molecule has 1 saturated heterocycles. The van der Waals surface area contributed by atoms with Crippen molar-refractivity contribution >= 4 is 23.4 Å². The van der Waals surface area contributed by atoms with Crippen molar-refractivity contribution in [1.82, 2.24) is 4.98 Å². The first-order valence-corrected chi connectivity index (χ1v) is 8.56. The van der Waals surface area contributed by atoms with Gasteiger partial charge in [-0.15, -0.1) is 0 Å². The molecule has 3 aromatic rings. The molecule has 2 aromatic carbocycles. The summed E-state index contributed by atoms with van der Waals surface area (Å²) in [5, 5.41) is 0.525. The van der Waals surface area contributed by atoms with Crippen LogP contribution in [0.25, 0.3) is 0 Å². The minimum absolute atomic E-state index is 0.360. The third kappa shape index (κ3) is 2.24. The zero-order valence-electron chi connectivity index (χ0n) is 13.5. The lowest BCUT2D eigenvalue weighted by Crippen LogP contribution is -2.27. The Morgan fingerprint density at radius 3 is 2.65 bits per heavy atom. The standard InChI is InChI=1S/C20H13ClN2O3/c21-13-5-6-17-15(11-13)23-18(14-3-1-2-4-16(14)25-17)19(26-20(23)24)12-7-9-22-10-8-12/h1-11,18-19H/t18-,19-/m0/s1. The van der Waals surface area contributed by atoms with E-state index in [0.29, 0.717) is 22.2 Å². The van der Waals surface area contributed by atoms with Gasteiger partial charge in [0.25, 0.3) is 0 Å². The van der Waals surface area contributed by atoms with Gasteiger partial charge in [0.05, 0.1) is 5.69 Å². The summed E-state index contributed by atoms with van der Waals surface area (Å²) in [6, 6.07) is 16.3. The van der Waals surface area contributed by atoms with Gasteiger partial charge in [-0.1, -0.05) is 29.8 Å². The summed E-state index contributed by atoms with van der Waals surface area (Å²) in [6.07, 6.45) is 2.48. The van der Waals surface area contributed by atoms with E-state index in [-0.39, 0.29) is 6.04 Å². The van der Waals surface area contributed by atoms with Crippen LogP contribution < -0.4 is 9.64 Å². The first kappa shape index (κ1) is 15.2. The van der Waals surface area contributed by atoms with Crippen LogP contribution in [-0.2, 0) is 4.74 Å². The van der Waals surface area contributed by atoms with E-state index in [1.165, 1.54) is 0 Å². The smallest absolute Gasteiger partial charge is 0.415 e. The quantitative estimate of drug-likeness (QED) is 0.589. The molecule has 128 valence electrons. The number of hydrogen-bond acceptors (Lipinski definition) is 4. The molecule has 1 aromatic heterocycles. The number of ether oxygens (including phenoxy) is 2. The van der Waals surface area contributed by atoms with Gasteiger partial charge in [0.1, 0.15) is 11.8 Å². The average molecular weight is 365 g/mol. The second-order valence-corrected chi connectivity index (χ2v) is 6.59. The zero-order valence-corrected chi connectivity index (χ0v) is 14.3. The Labute approximate surface area is 154 Å². The summed E-state index contributed by atoms with van der Waals surface area (Å²) in [6.45, 7) is 0. The molecule has 0 spiro atoms. The maximum Gasteiger partial charge on any atom is 0.415 e. The molecule has 3 heterocycles. The molecular formula is C20H13ClN2O3. The Kier molecular flexibility index (Phi) is 3.36. The van der Waals surface area contributed by atoms with Crippen LogP contribution in [0.1, 0.15) is 23.3 Å². The summed E-state index contributed by atoms with van der Waals surface area (Å²) in [4.78, 5) is 18.5. The fourth-order valence-electron chi connectivity index (χ4n) is 3.53. The number of fused-ring (bicyclic) bond motifs is 5. The first-order chi connectivity index (χ1) is 12.7. The van der Waals surface area contributed by atoms with E-state index in [0.717, 1.165) is 11.1 Å². The normalized spacial score (nSPS) is 20.3. The molecule has 0 aliphatic carbocycles. The van der Waals surface area contributed by atoms with Gasteiger partial charge < -0.3 is 9.47 Å². The highest BCUT2D eigenvalue weighted by atomic mass is 35.5. The van der Waals surface area contributed by atoms with Crippen molar-refractivity contribution in [2.24, 2.45) is 0 Å². The number of pyridine rings is 1. The molecule has 5 rings (SSSR count). The van der Waals surface area contributed by atoms with Crippen LogP contribution in [0.5, 0.6) is 11.5 Å². The van der Waals surface area contributed by atoms with Crippen molar-refractivity contribution in [3.8, 4) is 11.5 Å². The Morgan fingerprint density at radius 1 is 1.00 bits per heavy atom. The van der Waals surface area contributed by atoms with E-state index in [4.69, 9.17) is 21.1 Å². The van der Waals surface area contributed by atoms with E-state index in [1.807, 2.05) is 36.4 Å². The van der Waals surface area contributed by atoms with Crippen LogP contribution in [0.4, 0.5) is 10.5 Å². The molecular weight excluding hydrogens is 352 g/mol. The number of anilines is 1. The van der Waals surface area contributed by atoms with Gasteiger partial charge in [-0.05, 0) is 42.0 Å². The van der Waals surface area contributed by atoms with Crippen molar-refractivity contribution in [3.05, 3.63) is 83.1 Å². The average Bonchev–Trinajstić information content (AvgIpc) is 2.93. The van der Waals surface area contributed by atoms with Gasteiger partial charge in [-0.3, -0.25) is 9.88 Å². The lowest BCUT2D eigenvalue weighted by atomic mass is 9.95. The predicted molar refractivity (Wildman–Crippen MR) is 96.6 cm³/mol. The maximum absolute atomic E-state index is 12.8. The van der Waals surface area contributed by atoms with E-state index in [1.54, 1.807) is 35.5 Å². The van der Waals surface area contributed by atoms with Gasteiger partial charge in [0.15, 0.2) is 11.9 Å². The third-order valence-corrected chi connectivity index (χ3v) is 4.90. The van der Waals surface area contributed by atoms with Crippen LogP contribution >= 0.6 is 11.6 Å². The summed E-state index contributed by atoms with van der Waals surface area (Å²) in [5.74, 6) is 1.26. The molecule has 0 saturated carbocycles. The minimum atomic E-state index is -0.472. The molecule has 2 aliphatic rings. The molecule has 0 radical (unpaired) electrons. The van der Waals surface area contributed by atoms with Crippen LogP contribution in [0.2, 0.25) is 5.02 Å². The van der Waals surface area contributed by atoms with Gasteiger partial charge >= 0.3 is 6.09 Å². The van der Waals surface area contributed by atoms with Crippen LogP contribution in [0, 0.1) is 0 Å². The van der Waals surface area contributed by atoms with E-state index in [2.05, 4.69) is 4.98 Å². The summed E-state index contributed by atoms with van der Waals surface area (Å²) >= 11 is 6.19. The number of rotatable bonds is 1. The topological polar surface area (TPSA) is 51.7 Å². The molecule has 1 amide bonds. The molecule has 0 bridgehead atoms. The number of nitrogens with zero attached hydrogens (tertiary/aromatic N) is 2. The number of carbonyl (C=O) groups is 1. The molecule has 2 aliphatic heterocycles. The summed E-state index contributed by atoms with van der Waals surface area (Å²) < 4.78 is 11.9. The third-order valence-electron chi connectivity index (χ3n) is 4.66. The van der Waals surface area contributed by atoms with Crippen molar-refractivity contribution < 1.29 is 14.3 Å². The fourth-order valence-corrected chi connectivity index (χ4v) is 3.70. The lowest BCUT2D eigenvalue weighted by Gasteiger charge is -2.23. The van der Waals surface area contributed by atoms with E-state index in [9.17, 15) is 4.79 Å². The molecule has 0 N–H and O–H groups in total. The molecule has 6 heteroatoms. The van der Waals surface area contributed by atoms with Gasteiger partial charge in [0, 0.05) is 23.0 Å². The minimum Gasteiger partial charge on any atom is -0.455 e. The van der Waals surface area contributed by atoms with Crippen LogP contribution in [0.15, 0.2) is 67.0 Å². The number of benzene rings is 2. The molecule has 1 fully saturated rings. The van der Waals surface area contributed by atoms with Crippen molar-refractivity contribution in [2.45, 2.75) is 12.1 Å². The van der Waals surface area contributed by atoms with Gasteiger partial charge in [0.2, 0.25) is 0 Å². The van der Waals surface area contributed by atoms with Gasteiger partial charge in [-0.25, -0.2) is 4.79 Å². The fraction of sp³-hybridized carbons (Fsp3) is 0.100. The Bertz CT molecular complexity index is 1010. The van der Waals surface area contributed by atoms with Crippen LogP contribution in [-0.4, -0.2) is 11.1 Å². The largest absolute Gasteiger partial charge is 0.455 e. The van der Waals surface area contributed by atoms with Crippen LogP contribution in [0.3, 0.4) is 0 Å².